The molecule has 0 aliphatic carbocycles. The number of ketones is 4. The van der Waals surface area contributed by atoms with E-state index in [2.05, 4.69) is 36.9 Å². The molecule has 0 unspecified atom stereocenters. The van der Waals surface area contributed by atoms with Gasteiger partial charge >= 0.3 is 5.97 Å². The van der Waals surface area contributed by atoms with Gasteiger partial charge in [-0.3, -0.25) is 57.7 Å². The molecule has 0 bridgehead atoms. The third-order valence-electron chi connectivity index (χ3n) is 17.6. The number of hydrogen-bond acceptors (Lipinski definition) is 16. The first-order chi connectivity index (χ1) is 42.4. The number of halogens is 1. The van der Waals surface area contributed by atoms with Crippen molar-refractivity contribution in [2.24, 2.45) is 69.7 Å². The van der Waals surface area contributed by atoms with Crippen LogP contribution in [0, 0.1) is 53.3 Å². The highest BCUT2D eigenvalue weighted by Gasteiger charge is 2.41. The van der Waals surface area contributed by atoms with Crippen LogP contribution >= 0.6 is 11.6 Å². The quantitative estimate of drug-likeness (QED) is 0.0193. The summed E-state index contributed by atoms with van der Waals surface area (Å²) in [7, 11) is 0. The fourth-order valence-corrected chi connectivity index (χ4v) is 10.6. The predicted molar refractivity (Wildman–Crippen MR) is 341 cm³/mol. The lowest BCUT2D eigenvalue weighted by molar-refractivity contribution is -0.157. The van der Waals surface area contributed by atoms with Crippen molar-refractivity contribution in [2.75, 3.05) is 19.8 Å². The lowest BCUT2D eigenvalue weighted by Crippen LogP contribution is -2.55. The summed E-state index contributed by atoms with van der Waals surface area (Å²) in [6.07, 6.45) is -0.646. The SMILES string of the molecule is CC[C@H](Cc1ccc(Cl)cc1)C(=O)N[C@H](C(=O)C[C@@H](CO)C(=O)N[C@H](CCC(N)=O)C(=O)C[C@@H](C(=O)N[C@H](C(=O)C[C@@H](CO)C(=O)N[C@H]1C(=O)C[C@@H](C)C(=O)N[C@@H](CCCCN=C(C)N)C(=O)N[C@@H]([C@@H](C)CC)C(=O)O[C@H]1C)[C@@H](C)CC)[C@@H](C)CC)[C@@H](C)CC. The minimum absolute atomic E-state index is 0.176. The van der Waals surface area contributed by atoms with Crippen LogP contribution in [0.25, 0.3) is 0 Å². The lowest BCUT2D eigenvalue weighted by Gasteiger charge is -2.30. The van der Waals surface area contributed by atoms with Crippen LogP contribution in [0.5, 0.6) is 0 Å². The first-order valence-electron chi connectivity index (χ1n) is 32.1. The number of nitrogens with one attached hydrogen (secondary N) is 6. The number of nitrogens with two attached hydrogens (primary N) is 2. The number of hydrogen-bond donors (Lipinski definition) is 10. The number of rotatable bonds is 38. The Hall–Kier alpha value is -6.66. The number of unbranched alkanes of at least 4 members (excludes halogenated alkanes) is 1. The average molecular weight is 1290 g/mol. The topological polar surface area (TPSA) is 391 Å². The molecule has 0 aromatic heterocycles. The molecule has 0 radical (unpaired) electrons. The van der Waals surface area contributed by atoms with Gasteiger partial charge in [0.25, 0.3) is 0 Å². The summed E-state index contributed by atoms with van der Waals surface area (Å²) in [5.74, 6) is -15.8. The molecule has 1 aliphatic heterocycles. The van der Waals surface area contributed by atoms with E-state index in [1.54, 1.807) is 67.5 Å². The maximum Gasteiger partial charge on any atom is 0.329 e. The number of benzene rings is 1. The van der Waals surface area contributed by atoms with Gasteiger partial charge in [-0.1, -0.05) is 119 Å². The minimum atomic E-state index is -1.60. The van der Waals surface area contributed by atoms with E-state index in [1.807, 2.05) is 26.0 Å². The Bertz CT molecular complexity index is 2620. The number of ether oxygens (including phenoxy) is 1. The number of aliphatic imine (C=N–C) groups is 1. The largest absolute Gasteiger partial charge is 0.458 e. The second-order valence-corrected chi connectivity index (χ2v) is 25.1. The van der Waals surface area contributed by atoms with Crippen molar-refractivity contribution in [2.45, 2.75) is 222 Å². The Labute approximate surface area is 536 Å². The van der Waals surface area contributed by atoms with Crippen LogP contribution in [0.3, 0.4) is 0 Å². The fraction of sp³-hybridized carbons (Fsp3) is 0.708. The van der Waals surface area contributed by atoms with E-state index in [0.717, 1.165) is 5.56 Å². The van der Waals surface area contributed by atoms with Crippen molar-refractivity contribution in [3.05, 3.63) is 34.9 Å². The summed E-state index contributed by atoms with van der Waals surface area (Å²) in [5, 5.41) is 38.0. The summed E-state index contributed by atoms with van der Waals surface area (Å²) < 4.78 is 5.81. The molecule has 1 heterocycles. The summed E-state index contributed by atoms with van der Waals surface area (Å²) in [5.41, 5.74) is 12.0. The van der Waals surface area contributed by atoms with Crippen LogP contribution in [0.15, 0.2) is 29.3 Å². The molecule has 1 aromatic rings. The Balaban J connectivity index is 2.40. The highest BCUT2D eigenvalue weighted by atomic mass is 35.5. The highest BCUT2D eigenvalue weighted by molar-refractivity contribution is 6.30. The Morgan fingerprint density at radius 1 is 0.678 bits per heavy atom. The van der Waals surface area contributed by atoms with Crippen molar-refractivity contribution >= 4 is 87.9 Å². The van der Waals surface area contributed by atoms with Crippen LogP contribution in [-0.4, -0.2) is 149 Å². The van der Waals surface area contributed by atoms with Crippen molar-refractivity contribution in [1.29, 1.82) is 0 Å². The summed E-state index contributed by atoms with van der Waals surface area (Å²) in [6.45, 7) is 19.0. The third kappa shape index (κ3) is 25.9. The second kappa shape index (κ2) is 40.2. The molecule has 1 saturated heterocycles. The van der Waals surface area contributed by atoms with Crippen LogP contribution in [0.2, 0.25) is 5.02 Å². The van der Waals surface area contributed by atoms with Gasteiger partial charge in [0.05, 0.1) is 49.0 Å². The number of amides is 7. The van der Waals surface area contributed by atoms with Crippen molar-refractivity contribution in [3.8, 4) is 0 Å². The number of amidine groups is 1. The first kappa shape index (κ1) is 79.4. The van der Waals surface area contributed by atoms with Crippen molar-refractivity contribution in [3.63, 3.8) is 0 Å². The molecule has 1 aromatic carbocycles. The lowest BCUT2D eigenvalue weighted by atomic mass is 9.83. The Morgan fingerprint density at radius 3 is 1.73 bits per heavy atom. The summed E-state index contributed by atoms with van der Waals surface area (Å²) >= 11 is 6.06. The molecule has 7 amide bonds. The average Bonchev–Trinajstić information content (AvgIpc) is 2.58. The number of esters is 1. The molecule has 0 spiro atoms. The number of nitrogens with zero attached hydrogens (tertiary/aromatic N) is 1. The second-order valence-electron chi connectivity index (χ2n) is 24.7. The molecule has 16 atom stereocenters. The molecule has 0 saturated carbocycles. The van der Waals surface area contributed by atoms with Gasteiger partial charge in [0.1, 0.15) is 24.2 Å². The Kier molecular flexibility index (Phi) is 35.5. The number of carbonyl (C=O) groups is 12. The van der Waals surface area contributed by atoms with Gasteiger partial charge in [0.15, 0.2) is 23.1 Å². The van der Waals surface area contributed by atoms with Crippen molar-refractivity contribution < 1.29 is 72.5 Å². The number of Topliss-reactive ketones (excluding diaryl/α,β-unsaturated/α-hetero) is 4. The van der Waals surface area contributed by atoms with Gasteiger partial charge in [-0.25, -0.2) is 4.79 Å². The zero-order valence-corrected chi connectivity index (χ0v) is 55.7. The molecular formula is C65H104ClN9O15. The monoisotopic (exact) mass is 1290 g/mol. The fourth-order valence-electron chi connectivity index (χ4n) is 10.5. The zero-order chi connectivity index (χ0) is 68.1. The van der Waals surface area contributed by atoms with Gasteiger partial charge in [-0.15, -0.1) is 0 Å². The molecule has 1 fully saturated rings. The van der Waals surface area contributed by atoms with Crippen LogP contribution in [-0.2, 0) is 68.7 Å². The minimum Gasteiger partial charge on any atom is -0.458 e. The molecule has 24 nitrogen and oxygen atoms in total. The molecule has 90 heavy (non-hydrogen) atoms. The van der Waals surface area contributed by atoms with E-state index in [1.165, 1.54) is 13.8 Å². The molecule has 25 heteroatoms. The van der Waals surface area contributed by atoms with Gasteiger partial charge in [-0.2, -0.15) is 0 Å². The molecule has 12 N–H and O–H groups in total. The number of primary amides is 1. The molecule has 1 aliphatic rings. The van der Waals surface area contributed by atoms with Gasteiger partial charge in [0, 0.05) is 61.4 Å². The van der Waals surface area contributed by atoms with E-state index in [-0.39, 0.29) is 31.1 Å². The van der Waals surface area contributed by atoms with Crippen LogP contribution < -0.4 is 43.4 Å². The zero-order valence-electron chi connectivity index (χ0n) is 55.0. The molecule has 506 valence electrons. The van der Waals surface area contributed by atoms with E-state index in [0.29, 0.717) is 68.8 Å². The first-order valence-corrected chi connectivity index (χ1v) is 32.4. The van der Waals surface area contributed by atoms with E-state index in [4.69, 9.17) is 27.8 Å². The summed E-state index contributed by atoms with van der Waals surface area (Å²) in [6, 6.07) is -0.590. The standard InChI is InChI=1S/C65H104ClN9O15/c1-13-35(6)47(32-50(78)48(25-26-54(68)82)70-61(85)44(33-76)30-52(80)55(36(7)14-2)72-60(84)43(17-5)29-42-21-23-46(66)24-22-42)63(87)73-56(37(8)15-3)53(81)31-45(34-77)62(86)75-58-40(11)90-65(89)57(38(9)16-4)74-64(88)49(20-18-19-27-69-41(12)67)71-59(83)39(10)28-51(58)79/h21-24,35-40,43-45,47-49,55-58,76-77H,13-20,25-34H2,1-12H3,(H2,67,69)(H2,68,82)(H,70,85)(H,71,83)(H,72,84)(H,73,87)(H,74,88)(H,75,86)/t35-,36-,37-,38-,39+,40-,43+,44-,45-,47+,48+,49-,55-,56-,57-,58+/m0/s1. The smallest absolute Gasteiger partial charge is 0.329 e. The van der Waals surface area contributed by atoms with Gasteiger partial charge < -0.3 is 58.3 Å². The van der Waals surface area contributed by atoms with E-state index >= 15 is 0 Å². The molecule has 2 rings (SSSR count). The van der Waals surface area contributed by atoms with Crippen molar-refractivity contribution in [1.82, 2.24) is 31.9 Å². The summed E-state index contributed by atoms with van der Waals surface area (Å²) in [4.78, 5) is 171. The predicted octanol–water partition coefficient (Wildman–Crippen LogP) is 4.07. The van der Waals surface area contributed by atoms with E-state index < -0.39 is 193 Å². The number of aliphatic hydroxyl groups is 2. The maximum atomic E-state index is 14.5. The highest BCUT2D eigenvalue weighted by Crippen LogP contribution is 2.26. The number of cyclic esters (lactones) is 1. The van der Waals surface area contributed by atoms with Crippen LogP contribution in [0.1, 0.15) is 179 Å². The molecular weight excluding hydrogens is 1180 g/mol. The maximum absolute atomic E-state index is 14.5. The van der Waals surface area contributed by atoms with Crippen LogP contribution in [0.4, 0.5) is 0 Å². The van der Waals surface area contributed by atoms with Gasteiger partial charge in [-0.05, 0) is 93.7 Å². The van der Waals surface area contributed by atoms with E-state index in [9.17, 15) is 67.7 Å². The Morgan fingerprint density at radius 2 is 1.22 bits per heavy atom. The third-order valence-corrected chi connectivity index (χ3v) is 17.8. The number of carbonyl (C=O) groups excluding carboxylic acids is 12. The normalized spacial score (nSPS) is 21.4. The van der Waals surface area contributed by atoms with Gasteiger partial charge in [0.2, 0.25) is 41.4 Å². The number of aliphatic hydroxyl groups excluding tert-OH is 2.